The van der Waals surface area contributed by atoms with Crippen molar-refractivity contribution in [3.63, 3.8) is 0 Å². The van der Waals surface area contributed by atoms with E-state index in [0.29, 0.717) is 19.4 Å². The van der Waals surface area contributed by atoms with Crippen molar-refractivity contribution in [1.29, 1.82) is 0 Å². The number of methoxy groups -OCH3 is 1. The lowest BCUT2D eigenvalue weighted by atomic mass is 10.1. The van der Waals surface area contributed by atoms with Crippen LogP contribution in [0.1, 0.15) is 25.8 Å². The molecule has 1 aromatic rings. The SMILES string of the molecule is CCNc1cc(CCC(=O)OCC)cc(OC)c1. The van der Waals surface area contributed by atoms with Crippen LogP contribution >= 0.6 is 0 Å². The molecule has 100 valence electrons. The third kappa shape index (κ3) is 4.65. The van der Waals surface area contributed by atoms with Crippen molar-refractivity contribution in [2.24, 2.45) is 0 Å². The number of anilines is 1. The molecular weight excluding hydrogens is 230 g/mol. The Labute approximate surface area is 108 Å². The summed E-state index contributed by atoms with van der Waals surface area (Å²) in [5, 5.41) is 3.24. The average molecular weight is 251 g/mol. The van der Waals surface area contributed by atoms with Crippen LogP contribution < -0.4 is 10.1 Å². The average Bonchev–Trinajstić information content (AvgIpc) is 2.37. The first-order chi connectivity index (χ1) is 8.69. The van der Waals surface area contributed by atoms with Crippen LogP contribution in [0, 0.1) is 0 Å². The smallest absolute Gasteiger partial charge is 0.306 e. The predicted molar refractivity (Wildman–Crippen MR) is 72.1 cm³/mol. The van der Waals surface area contributed by atoms with Crippen LogP contribution in [-0.2, 0) is 16.0 Å². The molecule has 0 atom stereocenters. The largest absolute Gasteiger partial charge is 0.497 e. The minimum Gasteiger partial charge on any atom is -0.497 e. The number of ether oxygens (including phenoxy) is 2. The van der Waals surface area contributed by atoms with Gasteiger partial charge in [-0.05, 0) is 38.0 Å². The summed E-state index contributed by atoms with van der Waals surface area (Å²) in [6.45, 7) is 5.13. The second-order valence-electron chi connectivity index (χ2n) is 3.91. The minimum absolute atomic E-state index is 0.162. The monoisotopic (exact) mass is 251 g/mol. The van der Waals surface area contributed by atoms with Crippen LogP contribution in [0.2, 0.25) is 0 Å². The van der Waals surface area contributed by atoms with Gasteiger partial charge in [0.2, 0.25) is 0 Å². The maximum absolute atomic E-state index is 11.3. The summed E-state index contributed by atoms with van der Waals surface area (Å²) in [6, 6.07) is 5.92. The molecule has 0 saturated carbocycles. The Morgan fingerprint density at radius 1 is 1.28 bits per heavy atom. The van der Waals surface area contributed by atoms with E-state index >= 15 is 0 Å². The zero-order chi connectivity index (χ0) is 13.4. The van der Waals surface area contributed by atoms with E-state index in [1.165, 1.54) is 0 Å². The predicted octanol–water partition coefficient (Wildman–Crippen LogP) is 2.62. The van der Waals surface area contributed by atoms with E-state index in [9.17, 15) is 4.79 Å². The zero-order valence-electron chi connectivity index (χ0n) is 11.3. The van der Waals surface area contributed by atoms with Crippen LogP contribution in [0.3, 0.4) is 0 Å². The van der Waals surface area contributed by atoms with Crippen LogP contribution in [0.4, 0.5) is 5.69 Å². The van der Waals surface area contributed by atoms with E-state index in [0.717, 1.165) is 23.5 Å². The number of nitrogens with one attached hydrogen (secondary N) is 1. The van der Waals surface area contributed by atoms with Crippen molar-refractivity contribution in [1.82, 2.24) is 0 Å². The van der Waals surface area contributed by atoms with Crippen molar-refractivity contribution >= 4 is 11.7 Å². The van der Waals surface area contributed by atoms with Crippen molar-refractivity contribution in [3.05, 3.63) is 23.8 Å². The van der Waals surface area contributed by atoms with Gasteiger partial charge in [0.05, 0.1) is 13.7 Å². The van der Waals surface area contributed by atoms with Gasteiger partial charge in [-0.25, -0.2) is 0 Å². The molecule has 1 aromatic carbocycles. The molecule has 0 fully saturated rings. The van der Waals surface area contributed by atoms with Gasteiger partial charge in [-0.3, -0.25) is 4.79 Å². The van der Waals surface area contributed by atoms with E-state index < -0.39 is 0 Å². The summed E-state index contributed by atoms with van der Waals surface area (Å²) >= 11 is 0. The van der Waals surface area contributed by atoms with Gasteiger partial charge in [-0.15, -0.1) is 0 Å². The van der Waals surface area contributed by atoms with Gasteiger partial charge in [0.15, 0.2) is 0 Å². The maximum Gasteiger partial charge on any atom is 0.306 e. The molecule has 0 aliphatic carbocycles. The first kappa shape index (κ1) is 14.4. The number of benzene rings is 1. The number of esters is 1. The molecule has 18 heavy (non-hydrogen) atoms. The van der Waals surface area contributed by atoms with E-state index in [-0.39, 0.29) is 5.97 Å². The van der Waals surface area contributed by atoms with Gasteiger partial charge >= 0.3 is 5.97 Å². The van der Waals surface area contributed by atoms with E-state index in [1.54, 1.807) is 7.11 Å². The fraction of sp³-hybridized carbons (Fsp3) is 0.500. The van der Waals surface area contributed by atoms with Gasteiger partial charge in [0.25, 0.3) is 0 Å². The molecule has 1 N–H and O–H groups in total. The molecule has 0 amide bonds. The van der Waals surface area contributed by atoms with E-state index in [2.05, 4.69) is 5.32 Å². The molecule has 0 heterocycles. The normalized spacial score (nSPS) is 9.94. The summed E-state index contributed by atoms with van der Waals surface area (Å²) < 4.78 is 10.2. The Balaban J connectivity index is 2.68. The Kier molecular flexibility index (Phi) is 6.05. The molecule has 0 spiro atoms. The lowest BCUT2D eigenvalue weighted by Crippen LogP contribution is -2.05. The summed E-state index contributed by atoms with van der Waals surface area (Å²) in [5.41, 5.74) is 2.08. The number of rotatable bonds is 7. The van der Waals surface area contributed by atoms with Crippen LogP contribution in [-0.4, -0.2) is 26.2 Å². The Hall–Kier alpha value is -1.71. The lowest BCUT2D eigenvalue weighted by molar-refractivity contribution is -0.143. The first-order valence-corrected chi connectivity index (χ1v) is 6.27. The number of carbonyl (C=O) groups is 1. The Morgan fingerprint density at radius 3 is 2.67 bits per heavy atom. The fourth-order valence-electron chi connectivity index (χ4n) is 1.71. The molecule has 0 aromatic heterocycles. The molecule has 0 saturated heterocycles. The molecule has 1 rings (SSSR count). The quantitative estimate of drug-likeness (QED) is 0.757. The van der Waals surface area contributed by atoms with Crippen LogP contribution in [0.15, 0.2) is 18.2 Å². The third-order valence-electron chi connectivity index (χ3n) is 2.51. The number of aryl methyl sites for hydroxylation is 1. The highest BCUT2D eigenvalue weighted by Gasteiger charge is 2.05. The molecule has 0 aliphatic heterocycles. The molecule has 0 aliphatic rings. The van der Waals surface area contributed by atoms with Gasteiger partial charge in [-0.1, -0.05) is 0 Å². The summed E-state index contributed by atoms with van der Waals surface area (Å²) in [6.07, 6.45) is 1.06. The fourth-order valence-corrected chi connectivity index (χ4v) is 1.71. The van der Waals surface area contributed by atoms with Crippen molar-refractivity contribution < 1.29 is 14.3 Å². The molecule has 0 bridgehead atoms. The summed E-state index contributed by atoms with van der Waals surface area (Å²) in [7, 11) is 1.64. The summed E-state index contributed by atoms with van der Waals surface area (Å²) in [4.78, 5) is 11.3. The maximum atomic E-state index is 11.3. The van der Waals surface area contributed by atoms with E-state index in [1.807, 2.05) is 32.0 Å². The van der Waals surface area contributed by atoms with Gasteiger partial charge in [0.1, 0.15) is 5.75 Å². The van der Waals surface area contributed by atoms with E-state index in [4.69, 9.17) is 9.47 Å². The second-order valence-corrected chi connectivity index (χ2v) is 3.91. The van der Waals surface area contributed by atoms with Crippen LogP contribution in [0.25, 0.3) is 0 Å². The highest BCUT2D eigenvalue weighted by molar-refractivity contribution is 5.69. The third-order valence-corrected chi connectivity index (χ3v) is 2.51. The second kappa shape index (κ2) is 7.58. The molecular formula is C14H21NO3. The van der Waals surface area contributed by atoms with Crippen molar-refractivity contribution in [3.8, 4) is 5.75 Å². The Bertz CT molecular complexity index is 391. The standard InChI is InChI=1S/C14H21NO3/c1-4-15-12-8-11(9-13(10-12)17-3)6-7-14(16)18-5-2/h8-10,15H,4-7H2,1-3H3. The minimum atomic E-state index is -0.162. The van der Waals surface area contributed by atoms with Crippen molar-refractivity contribution in [2.75, 3.05) is 25.6 Å². The topological polar surface area (TPSA) is 47.6 Å². The number of carbonyl (C=O) groups excluding carboxylic acids is 1. The summed E-state index contributed by atoms with van der Waals surface area (Å²) in [5.74, 6) is 0.637. The number of hydrogen-bond acceptors (Lipinski definition) is 4. The molecule has 4 nitrogen and oxygen atoms in total. The molecule has 0 radical (unpaired) electrons. The molecule has 4 heteroatoms. The highest BCUT2D eigenvalue weighted by Crippen LogP contribution is 2.21. The van der Waals surface area contributed by atoms with Gasteiger partial charge in [0, 0.05) is 24.7 Å². The Morgan fingerprint density at radius 2 is 2.06 bits per heavy atom. The highest BCUT2D eigenvalue weighted by atomic mass is 16.5. The zero-order valence-corrected chi connectivity index (χ0v) is 11.3. The lowest BCUT2D eigenvalue weighted by Gasteiger charge is -2.10. The van der Waals surface area contributed by atoms with Crippen LogP contribution in [0.5, 0.6) is 5.75 Å². The first-order valence-electron chi connectivity index (χ1n) is 6.27. The number of hydrogen-bond donors (Lipinski definition) is 1. The molecule has 0 unspecified atom stereocenters. The van der Waals surface area contributed by atoms with Gasteiger partial charge < -0.3 is 14.8 Å². The van der Waals surface area contributed by atoms with Gasteiger partial charge in [-0.2, -0.15) is 0 Å². The van der Waals surface area contributed by atoms with Crippen molar-refractivity contribution in [2.45, 2.75) is 26.7 Å².